The lowest BCUT2D eigenvalue weighted by molar-refractivity contribution is -0.156. The third-order valence-electron chi connectivity index (χ3n) is 4.18. The predicted octanol–water partition coefficient (Wildman–Crippen LogP) is 3.29. The molecule has 2 aromatic rings. The zero-order chi connectivity index (χ0) is 22.7. The number of nitrogens with two attached hydrogens (primary N) is 1. The largest absolute Gasteiger partial charge is 0.493 e. The van der Waals surface area contributed by atoms with Crippen molar-refractivity contribution in [2.24, 2.45) is 5.73 Å². The van der Waals surface area contributed by atoms with Gasteiger partial charge in [-0.25, -0.2) is 0 Å². The molecule has 30 heavy (non-hydrogen) atoms. The quantitative estimate of drug-likeness (QED) is 0.525. The van der Waals surface area contributed by atoms with Crippen molar-refractivity contribution in [2.45, 2.75) is 57.6 Å². The van der Waals surface area contributed by atoms with Gasteiger partial charge >= 0.3 is 16.1 Å². The molecule has 0 spiro atoms. The highest BCUT2D eigenvalue weighted by molar-refractivity contribution is 7.87. The Morgan fingerprint density at radius 2 is 1.70 bits per heavy atom. The molecule has 0 fully saturated rings. The van der Waals surface area contributed by atoms with Crippen LogP contribution in [0, 0.1) is 13.8 Å². The number of hydrogen-bond donors (Lipinski definition) is 1. The highest BCUT2D eigenvalue weighted by Crippen LogP contribution is 2.35. The van der Waals surface area contributed by atoms with E-state index in [-0.39, 0.29) is 17.1 Å². The Balaban J connectivity index is 2.33. The monoisotopic (exact) mass is 435 g/mol. The van der Waals surface area contributed by atoms with E-state index in [2.05, 4.69) is 0 Å². The van der Waals surface area contributed by atoms with Crippen LogP contribution in [0.5, 0.6) is 11.5 Å². The lowest BCUT2D eigenvalue weighted by Crippen LogP contribution is -2.38. The fraction of sp³-hybridized carbons (Fsp3) is 0.409. The van der Waals surface area contributed by atoms with Gasteiger partial charge in [-0.1, -0.05) is 23.8 Å². The van der Waals surface area contributed by atoms with Crippen LogP contribution in [-0.4, -0.2) is 33.1 Å². The number of carbonyl (C=O) groups is 1. The van der Waals surface area contributed by atoms with Crippen LogP contribution < -0.4 is 14.7 Å². The zero-order valence-electron chi connectivity index (χ0n) is 18.2. The molecule has 0 amide bonds. The molecule has 0 bridgehead atoms. The van der Waals surface area contributed by atoms with Crippen molar-refractivity contribution in [3.05, 3.63) is 53.1 Å². The van der Waals surface area contributed by atoms with E-state index in [1.54, 1.807) is 45.9 Å². The van der Waals surface area contributed by atoms with Gasteiger partial charge in [0.05, 0.1) is 7.11 Å². The molecule has 1 atom stereocenters. The summed E-state index contributed by atoms with van der Waals surface area (Å²) in [7, 11) is -2.64. The summed E-state index contributed by atoms with van der Waals surface area (Å²) in [4.78, 5) is 12.2. The smallest absolute Gasteiger partial charge is 0.339 e. The molecular formula is C22H29NO6S. The zero-order valence-corrected chi connectivity index (χ0v) is 19.0. The Morgan fingerprint density at radius 1 is 1.10 bits per heavy atom. The number of methoxy groups -OCH3 is 1. The number of hydrogen-bond acceptors (Lipinski definition) is 7. The minimum atomic E-state index is -4.07. The number of benzene rings is 2. The fourth-order valence-electron chi connectivity index (χ4n) is 2.84. The molecule has 0 heterocycles. The third-order valence-corrected chi connectivity index (χ3v) is 5.43. The first kappa shape index (κ1) is 23.7. The summed E-state index contributed by atoms with van der Waals surface area (Å²) in [6.07, 6.45) is 0.153. The van der Waals surface area contributed by atoms with Gasteiger partial charge in [0.1, 0.15) is 16.5 Å². The average Bonchev–Trinajstić information content (AvgIpc) is 2.60. The Kier molecular flexibility index (Phi) is 7.15. The first-order chi connectivity index (χ1) is 13.8. The molecule has 0 aromatic heterocycles. The van der Waals surface area contributed by atoms with Gasteiger partial charge in [0, 0.05) is 0 Å². The number of aryl methyl sites for hydroxylation is 2. The summed E-state index contributed by atoms with van der Waals surface area (Å²) in [5.74, 6) is -0.213. The van der Waals surface area contributed by atoms with E-state index in [0.717, 1.165) is 5.56 Å². The molecule has 0 radical (unpaired) electrons. The van der Waals surface area contributed by atoms with Gasteiger partial charge in [0.25, 0.3) is 0 Å². The second-order valence-corrected chi connectivity index (χ2v) is 9.69. The van der Waals surface area contributed by atoms with Gasteiger partial charge in [-0.05, 0) is 70.4 Å². The molecular weight excluding hydrogens is 406 g/mol. The predicted molar refractivity (Wildman–Crippen MR) is 114 cm³/mol. The molecule has 2 rings (SSSR count). The summed E-state index contributed by atoms with van der Waals surface area (Å²) in [5, 5.41) is 0. The number of rotatable bonds is 7. The topological polar surface area (TPSA) is 105 Å². The molecule has 8 heteroatoms. The average molecular weight is 436 g/mol. The number of esters is 1. The second-order valence-electron chi connectivity index (χ2n) is 8.14. The summed E-state index contributed by atoms with van der Waals surface area (Å²) in [6, 6.07) is 8.72. The molecule has 164 valence electrons. The van der Waals surface area contributed by atoms with E-state index in [0.29, 0.717) is 16.9 Å². The van der Waals surface area contributed by atoms with Gasteiger partial charge in [-0.3, -0.25) is 4.79 Å². The van der Waals surface area contributed by atoms with Crippen LogP contribution in [0.4, 0.5) is 0 Å². The highest BCUT2D eigenvalue weighted by Gasteiger charge is 2.25. The molecule has 0 unspecified atom stereocenters. The van der Waals surface area contributed by atoms with Gasteiger partial charge in [-0.15, -0.1) is 0 Å². The molecule has 0 aliphatic rings. The first-order valence-corrected chi connectivity index (χ1v) is 10.9. The summed E-state index contributed by atoms with van der Waals surface area (Å²) < 4.78 is 41.5. The second kappa shape index (κ2) is 9.06. The van der Waals surface area contributed by atoms with Crippen molar-refractivity contribution >= 4 is 16.1 Å². The molecule has 2 N–H and O–H groups in total. The van der Waals surface area contributed by atoms with Crippen molar-refractivity contribution < 1.29 is 26.9 Å². The summed E-state index contributed by atoms with van der Waals surface area (Å²) >= 11 is 0. The maximum Gasteiger partial charge on any atom is 0.339 e. The molecule has 0 aliphatic carbocycles. The molecule has 7 nitrogen and oxygen atoms in total. The summed E-state index contributed by atoms with van der Waals surface area (Å²) in [5.41, 5.74) is 7.55. The van der Waals surface area contributed by atoms with Crippen LogP contribution in [-0.2, 0) is 26.1 Å². The number of ether oxygens (including phenoxy) is 2. The van der Waals surface area contributed by atoms with Crippen LogP contribution in [0.1, 0.15) is 37.5 Å². The SMILES string of the molecule is COc1c(C)cc(C[C@H](N)C(=O)OC(C)(C)C)cc1OS(=O)(=O)c1ccc(C)cc1. The Labute approximate surface area is 178 Å². The van der Waals surface area contributed by atoms with Gasteiger partial charge in [0.2, 0.25) is 0 Å². The normalized spacial score (nSPS) is 12.9. The Bertz CT molecular complexity index is 1010. The maximum atomic E-state index is 12.7. The van der Waals surface area contributed by atoms with Crippen molar-refractivity contribution in [3.8, 4) is 11.5 Å². The molecule has 0 saturated carbocycles. The standard InChI is InChI=1S/C22H29NO6S/c1-14-7-9-17(10-8-14)30(25,26)29-19-13-16(11-15(2)20(19)27-6)12-18(23)21(24)28-22(3,4)5/h7-11,13,18H,12,23H2,1-6H3/t18-/m0/s1. The van der Waals surface area contributed by atoms with Gasteiger partial charge in [0.15, 0.2) is 11.5 Å². The maximum absolute atomic E-state index is 12.7. The van der Waals surface area contributed by atoms with Crippen molar-refractivity contribution in [2.75, 3.05) is 7.11 Å². The van der Waals surface area contributed by atoms with Crippen LogP contribution >= 0.6 is 0 Å². The minimum Gasteiger partial charge on any atom is -0.493 e. The lowest BCUT2D eigenvalue weighted by Gasteiger charge is -2.22. The van der Waals surface area contributed by atoms with Crippen LogP contribution in [0.2, 0.25) is 0 Å². The van der Waals surface area contributed by atoms with Crippen LogP contribution in [0.3, 0.4) is 0 Å². The van der Waals surface area contributed by atoms with E-state index in [1.165, 1.54) is 25.3 Å². The molecule has 0 aliphatic heterocycles. The number of carbonyl (C=O) groups excluding carboxylic acids is 1. The molecule has 2 aromatic carbocycles. The van der Waals surface area contributed by atoms with E-state index in [4.69, 9.17) is 19.4 Å². The highest BCUT2D eigenvalue weighted by atomic mass is 32.2. The Hall–Kier alpha value is -2.58. The Morgan fingerprint density at radius 3 is 2.23 bits per heavy atom. The first-order valence-electron chi connectivity index (χ1n) is 9.49. The van der Waals surface area contributed by atoms with E-state index < -0.39 is 27.7 Å². The molecule has 0 saturated heterocycles. The summed E-state index contributed by atoms with van der Waals surface area (Å²) in [6.45, 7) is 8.90. The van der Waals surface area contributed by atoms with E-state index in [9.17, 15) is 13.2 Å². The van der Waals surface area contributed by atoms with Crippen molar-refractivity contribution in [1.29, 1.82) is 0 Å². The lowest BCUT2D eigenvalue weighted by atomic mass is 10.0. The fourth-order valence-corrected chi connectivity index (χ4v) is 3.77. The van der Waals surface area contributed by atoms with E-state index in [1.807, 2.05) is 6.92 Å². The minimum absolute atomic E-state index is 0.0312. The van der Waals surface area contributed by atoms with Crippen LogP contribution in [0.15, 0.2) is 41.3 Å². The van der Waals surface area contributed by atoms with Crippen molar-refractivity contribution in [1.82, 2.24) is 0 Å². The third kappa shape index (κ3) is 6.21. The van der Waals surface area contributed by atoms with Crippen molar-refractivity contribution in [3.63, 3.8) is 0 Å². The van der Waals surface area contributed by atoms with Crippen LogP contribution in [0.25, 0.3) is 0 Å². The van der Waals surface area contributed by atoms with Gasteiger partial charge in [-0.2, -0.15) is 8.42 Å². The van der Waals surface area contributed by atoms with Gasteiger partial charge < -0.3 is 19.4 Å². The van der Waals surface area contributed by atoms with E-state index >= 15 is 0 Å².